The van der Waals surface area contributed by atoms with Crippen LogP contribution in [0.5, 0.6) is 5.75 Å². The number of benzene rings is 1. The first kappa shape index (κ1) is 9.40. The maximum absolute atomic E-state index is 8.82. The zero-order valence-electron chi connectivity index (χ0n) is 7.79. The van der Waals surface area contributed by atoms with Crippen molar-refractivity contribution in [3.05, 3.63) is 23.8 Å². The number of nitrogens with one attached hydrogen (secondary N) is 1. The van der Waals surface area contributed by atoms with Gasteiger partial charge in [-0.05, 0) is 25.1 Å². The van der Waals surface area contributed by atoms with Gasteiger partial charge in [-0.2, -0.15) is 5.26 Å². The van der Waals surface area contributed by atoms with E-state index in [1.807, 2.05) is 19.1 Å². The van der Waals surface area contributed by atoms with E-state index in [9.17, 15) is 0 Å². The second kappa shape index (κ2) is 4.36. The third-order valence-electron chi connectivity index (χ3n) is 1.71. The van der Waals surface area contributed by atoms with Gasteiger partial charge in [-0.15, -0.1) is 0 Å². The van der Waals surface area contributed by atoms with Crippen molar-refractivity contribution in [2.45, 2.75) is 6.92 Å². The molecule has 0 bridgehead atoms. The van der Waals surface area contributed by atoms with Crippen LogP contribution in [0.4, 0.5) is 5.69 Å². The second-order valence-corrected chi connectivity index (χ2v) is 2.55. The van der Waals surface area contributed by atoms with E-state index in [0.29, 0.717) is 11.3 Å². The van der Waals surface area contributed by atoms with Crippen molar-refractivity contribution in [2.24, 2.45) is 0 Å². The molecule has 0 atom stereocenters. The number of hydrogen-bond donors (Lipinski definition) is 1. The van der Waals surface area contributed by atoms with Crippen LogP contribution in [-0.2, 0) is 0 Å². The first-order valence-electron chi connectivity index (χ1n) is 4.13. The van der Waals surface area contributed by atoms with E-state index >= 15 is 0 Å². The van der Waals surface area contributed by atoms with Crippen molar-refractivity contribution >= 4 is 5.69 Å². The van der Waals surface area contributed by atoms with Gasteiger partial charge in [0.05, 0.1) is 18.4 Å². The highest BCUT2D eigenvalue weighted by atomic mass is 16.5. The number of nitriles is 1. The highest BCUT2D eigenvalue weighted by Gasteiger charge is 2.01. The molecule has 13 heavy (non-hydrogen) atoms. The molecule has 0 spiro atoms. The SMILES string of the molecule is CCNc1ccc(OC)cc1C#N. The summed E-state index contributed by atoms with van der Waals surface area (Å²) in [6.45, 7) is 2.80. The summed E-state index contributed by atoms with van der Waals surface area (Å²) >= 11 is 0. The lowest BCUT2D eigenvalue weighted by molar-refractivity contribution is 0.414. The first-order valence-corrected chi connectivity index (χ1v) is 4.13. The smallest absolute Gasteiger partial charge is 0.120 e. The molecular formula is C10H12N2O. The number of methoxy groups -OCH3 is 1. The zero-order valence-corrected chi connectivity index (χ0v) is 7.79. The summed E-state index contributed by atoms with van der Waals surface area (Å²) in [4.78, 5) is 0. The maximum Gasteiger partial charge on any atom is 0.120 e. The highest BCUT2D eigenvalue weighted by Crippen LogP contribution is 2.20. The molecule has 0 aliphatic rings. The van der Waals surface area contributed by atoms with Gasteiger partial charge in [0.2, 0.25) is 0 Å². The summed E-state index contributed by atoms with van der Waals surface area (Å²) in [5.41, 5.74) is 1.46. The highest BCUT2D eigenvalue weighted by molar-refractivity contribution is 5.59. The fourth-order valence-electron chi connectivity index (χ4n) is 1.09. The van der Waals surface area contributed by atoms with Gasteiger partial charge in [-0.25, -0.2) is 0 Å². The average Bonchev–Trinajstić information content (AvgIpc) is 2.19. The van der Waals surface area contributed by atoms with E-state index in [4.69, 9.17) is 10.00 Å². The van der Waals surface area contributed by atoms with E-state index < -0.39 is 0 Å². The lowest BCUT2D eigenvalue weighted by Gasteiger charge is -2.06. The van der Waals surface area contributed by atoms with Gasteiger partial charge in [-0.3, -0.25) is 0 Å². The molecule has 0 heterocycles. The summed E-state index contributed by atoms with van der Waals surface area (Å²) in [7, 11) is 1.59. The number of ether oxygens (including phenoxy) is 1. The van der Waals surface area contributed by atoms with Crippen LogP contribution in [0.1, 0.15) is 12.5 Å². The molecular weight excluding hydrogens is 164 g/mol. The molecule has 1 rings (SSSR count). The predicted octanol–water partition coefficient (Wildman–Crippen LogP) is 2.00. The van der Waals surface area contributed by atoms with Crippen molar-refractivity contribution in [3.8, 4) is 11.8 Å². The molecule has 1 aromatic rings. The number of nitrogens with zero attached hydrogens (tertiary/aromatic N) is 1. The van der Waals surface area contributed by atoms with Gasteiger partial charge >= 0.3 is 0 Å². The van der Waals surface area contributed by atoms with Gasteiger partial charge in [-0.1, -0.05) is 0 Å². The van der Waals surface area contributed by atoms with Crippen LogP contribution in [0.3, 0.4) is 0 Å². The molecule has 1 aromatic carbocycles. The van der Waals surface area contributed by atoms with Crippen LogP contribution >= 0.6 is 0 Å². The molecule has 3 heteroatoms. The predicted molar refractivity (Wildman–Crippen MR) is 51.9 cm³/mol. The van der Waals surface area contributed by atoms with Crippen molar-refractivity contribution in [2.75, 3.05) is 19.0 Å². The van der Waals surface area contributed by atoms with Gasteiger partial charge < -0.3 is 10.1 Å². The van der Waals surface area contributed by atoms with Crippen molar-refractivity contribution < 1.29 is 4.74 Å². The Bertz CT molecular complexity index is 328. The van der Waals surface area contributed by atoms with Gasteiger partial charge in [0.1, 0.15) is 11.8 Å². The van der Waals surface area contributed by atoms with Crippen molar-refractivity contribution in [1.82, 2.24) is 0 Å². The third kappa shape index (κ3) is 2.12. The fraction of sp³-hybridized carbons (Fsp3) is 0.300. The molecule has 1 N–H and O–H groups in total. The summed E-state index contributed by atoms with van der Waals surface area (Å²) in [6, 6.07) is 7.51. The molecule has 3 nitrogen and oxygen atoms in total. The molecule has 0 saturated heterocycles. The Morgan fingerprint density at radius 3 is 2.85 bits per heavy atom. The van der Waals surface area contributed by atoms with Crippen LogP contribution in [-0.4, -0.2) is 13.7 Å². The molecule has 0 amide bonds. The van der Waals surface area contributed by atoms with E-state index in [0.717, 1.165) is 12.2 Å². The summed E-state index contributed by atoms with van der Waals surface area (Å²) in [6.07, 6.45) is 0. The minimum atomic E-state index is 0.612. The Hall–Kier alpha value is -1.69. The quantitative estimate of drug-likeness (QED) is 0.766. The molecule has 0 fully saturated rings. The van der Waals surface area contributed by atoms with Crippen LogP contribution in [0.2, 0.25) is 0 Å². The van der Waals surface area contributed by atoms with E-state index in [-0.39, 0.29) is 0 Å². The van der Waals surface area contributed by atoms with E-state index in [1.165, 1.54) is 0 Å². The summed E-state index contributed by atoms with van der Waals surface area (Å²) in [5, 5.41) is 11.9. The Kier molecular flexibility index (Phi) is 3.15. The van der Waals surface area contributed by atoms with Crippen LogP contribution in [0.15, 0.2) is 18.2 Å². The normalized spacial score (nSPS) is 9.00. The number of hydrogen-bond acceptors (Lipinski definition) is 3. The maximum atomic E-state index is 8.82. The summed E-state index contributed by atoms with van der Waals surface area (Å²) in [5.74, 6) is 0.707. The Balaban J connectivity index is 3.02. The van der Waals surface area contributed by atoms with Crippen LogP contribution in [0.25, 0.3) is 0 Å². The third-order valence-corrected chi connectivity index (χ3v) is 1.71. The summed E-state index contributed by atoms with van der Waals surface area (Å²) < 4.78 is 5.01. The monoisotopic (exact) mass is 176 g/mol. The zero-order chi connectivity index (χ0) is 9.68. The number of rotatable bonds is 3. The average molecular weight is 176 g/mol. The van der Waals surface area contributed by atoms with Crippen LogP contribution in [0, 0.1) is 11.3 Å². The largest absolute Gasteiger partial charge is 0.497 e. The van der Waals surface area contributed by atoms with E-state index in [1.54, 1.807) is 13.2 Å². The number of anilines is 1. The topological polar surface area (TPSA) is 45.0 Å². The van der Waals surface area contributed by atoms with Crippen molar-refractivity contribution in [1.29, 1.82) is 5.26 Å². The standard InChI is InChI=1S/C10H12N2O/c1-3-12-10-5-4-9(13-2)6-8(10)7-11/h4-6,12H,3H2,1-2H3. The minimum absolute atomic E-state index is 0.612. The Labute approximate surface area is 77.9 Å². The Morgan fingerprint density at radius 1 is 1.54 bits per heavy atom. The second-order valence-electron chi connectivity index (χ2n) is 2.55. The van der Waals surface area contributed by atoms with E-state index in [2.05, 4.69) is 11.4 Å². The van der Waals surface area contributed by atoms with Gasteiger partial charge in [0, 0.05) is 6.54 Å². The van der Waals surface area contributed by atoms with Crippen LogP contribution < -0.4 is 10.1 Å². The molecule has 0 aliphatic carbocycles. The Morgan fingerprint density at radius 2 is 2.31 bits per heavy atom. The lowest BCUT2D eigenvalue weighted by Crippen LogP contribution is -1.99. The lowest BCUT2D eigenvalue weighted by atomic mass is 10.2. The fourth-order valence-corrected chi connectivity index (χ4v) is 1.09. The molecule has 68 valence electrons. The molecule has 0 aromatic heterocycles. The minimum Gasteiger partial charge on any atom is -0.497 e. The molecule has 0 radical (unpaired) electrons. The first-order chi connectivity index (χ1) is 6.31. The molecule has 0 saturated carbocycles. The van der Waals surface area contributed by atoms with Gasteiger partial charge in [0.15, 0.2) is 0 Å². The van der Waals surface area contributed by atoms with Gasteiger partial charge in [0.25, 0.3) is 0 Å². The van der Waals surface area contributed by atoms with Crippen molar-refractivity contribution in [3.63, 3.8) is 0 Å². The molecule has 0 unspecified atom stereocenters. The molecule has 0 aliphatic heterocycles.